The van der Waals surface area contributed by atoms with Crippen LogP contribution in [0.1, 0.15) is 290 Å². The van der Waals surface area contributed by atoms with E-state index in [0.29, 0.717) is 39.1 Å². The van der Waals surface area contributed by atoms with Crippen LogP contribution in [0.3, 0.4) is 0 Å². The molecule has 0 spiro atoms. The highest BCUT2D eigenvalue weighted by Crippen LogP contribution is 2.29. The van der Waals surface area contributed by atoms with Gasteiger partial charge in [-0.3, -0.25) is 14.4 Å². The Hall–Kier alpha value is -1.67. The molecular formula is C56H107NO7. The number of nitrogens with zero attached hydrogens (tertiary/aromatic N) is 1. The molecule has 1 heterocycles. The molecule has 0 atom stereocenters. The summed E-state index contributed by atoms with van der Waals surface area (Å²) in [4.78, 5) is 39.4. The van der Waals surface area contributed by atoms with Crippen LogP contribution in [-0.2, 0) is 28.6 Å². The Morgan fingerprint density at radius 3 is 1.08 bits per heavy atom. The molecule has 1 aliphatic heterocycles. The van der Waals surface area contributed by atoms with Crippen molar-refractivity contribution in [1.82, 2.24) is 4.90 Å². The van der Waals surface area contributed by atoms with Crippen LogP contribution in [0.15, 0.2) is 0 Å². The van der Waals surface area contributed by atoms with Gasteiger partial charge >= 0.3 is 17.9 Å². The molecule has 1 N–H and O–H groups in total. The average Bonchev–Trinajstić information content (AvgIpc) is 3.29. The van der Waals surface area contributed by atoms with Crippen LogP contribution in [0.4, 0.5) is 0 Å². The highest BCUT2D eigenvalue weighted by molar-refractivity contribution is 5.72. The van der Waals surface area contributed by atoms with Crippen molar-refractivity contribution in [2.75, 3.05) is 40.0 Å². The summed E-state index contributed by atoms with van der Waals surface area (Å²) in [6, 6.07) is 0. The molecule has 0 aromatic carbocycles. The van der Waals surface area contributed by atoms with Gasteiger partial charge in [0.15, 0.2) is 0 Å². The molecule has 1 fully saturated rings. The van der Waals surface area contributed by atoms with E-state index >= 15 is 0 Å². The van der Waals surface area contributed by atoms with Crippen molar-refractivity contribution in [2.24, 2.45) is 5.92 Å². The summed E-state index contributed by atoms with van der Waals surface area (Å²) in [7, 11) is 2.10. The molecule has 0 bridgehead atoms. The Bertz CT molecular complexity index is 988. The minimum absolute atomic E-state index is 0.0216. The Kier molecular flexibility index (Phi) is 42.6. The third-order valence-electron chi connectivity index (χ3n) is 13.9. The average molecular weight is 906 g/mol. The number of esters is 3. The molecule has 8 nitrogen and oxygen atoms in total. The second-order valence-corrected chi connectivity index (χ2v) is 20.2. The lowest BCUT2D eigenvalue weighted by molar-refractivity contribution is -0.150. The van der Waals surface area contributed by atoms with E-state index in [2.05, 4.69) is 25.8 Å². The number of aliphatic hydroxyl groups is 1. The van der Waals surface area contributed by atoms with Gasteiger partial charge in [-0.25, -0.2) is 0 Å². The Labute approximate surface area is 396 Å². The third kappa shape index (κ3) is 39.5. The summed E-state index contributed by atoms with van der Waals surface area (Å²) in [5.74, 6) is -0.150. The number of rotatable bonds is 48. The number of carbonyl (C=O) groups is 3. The molecule has 1 aliphatic rings. The second-order valence-electron chi connectivity index (χ2n) is 20.2. The minimum atomic E-state index is -0.724. The zero-order valence-electron chi connectivity index (χ0n) is 42.9. The number of hydrogen-bond acceptors (Lipinski definition) is 8. The number of carbonyl (C=O) groups excluding carboxylic acids is 3. The van der Waals surface area contributed by atoms with Crippen LogP contribution in [0.25, 0.3) is 0 Å². The monoisotopic (exact) mass is 906 g/mol. The molecule has 0 aliphatic carbocycles. The molecule has 0 aromatic rings. The summed E-state index contributed by atoms with van der Waals surface area (Å²) >= 11 is 0. The summed E-state index contributed by atoms with van der Waals surface area (Å²) in [5, 5.41) is 11.8. The molecule has 0 amide bonds. The first kappa shape index (κ1) is 60.3. The fourth-order valence-electron chi connectivity index (χ4n) is 9.38. The predicted octanol–water partition coefficient (Wildman–Crippen LogP) is 15.7. The standard InChI is InChI=1S/C56H107NO7/c1-4-6-8-10-12-14-16-18-20-22-24-26-32-40-53(58)62-49-37-30-28-34-44-56(61,46-36-39-51-64-55(60)52-42-47-57(3)48-43-52)45-35-29-31-38-50-63-54(59)41-33-27-25-23-21-19-17-15-13-11-9-7-5-2/h52,61H,4-51H2,1-3H3. The van der Waals surface area contributed by atoms with Crippen LogP contribution in [-0.4, -0.2) is 73.5 Å². The van der Waals surface area contributed by atoms with Gasteiger partial charge in [0.2, 0.25) is 0 Å². The van der Waals surface area contributed by atoms with Gasteiger partial charge in [-0.15, -0.1) is 0 Å². The van der Waals surface area contributed by atoms with Crippen molar-refractivity contribution < 1.29 is 33.7 Å². The molecule has 8 heteroatoms. The normalized spacial score (nSPS) is 13.7. The van der Waals surface area contributed by atoms with Crippen LogP contribution in [0, 0.1) is 5.92 Å². The zero-order valence-corrected chi connectivity index (χ0v) is 42.9. The maximum Gasteiger partial charge on any atom is 0.309 e. The van der Waals surface area contributed by atoms with Crippen molar-refractivity contribution >= 4 is 17.9 Å². The van der Waals surface area contributed by atoms with E-state index in [4.69, 9.17) is 14.2 Å². The highest BCUT2D eigenvalue weighted by atomic mass is 16.5. The van der Waals surface area contributed by atoms with Gasteiger partial charge in [0.1, 0.15) is 0 Å². The smallest absolute Gasteiger partial charge is 0.309 e. The first-order valence-corrected chi connectivity index (χ1v) is 28.2. The maximum absolute atomic E-state index is 12.6. The lowest BCUT2D eigenvalue weighted by Gasteiger charge is -2.29. The minimum Gasteiger partial charge on any atom is -0.466 e. The van der Waals surface area contributed by atoms with Crippen molar-refractivity contribution in [3.63, 3.8) is 0 Å². The van der Waals surface area contributed by atoms with Gasteiger partial charge in [-0.1, -0.05) is 206 Å². The molecular weight excluding hydrogens is 799 g/mol. The molecule has 0 unspecified atom stereocenters. The molecule has 0 saturated carbocycles. The SMILES string of the molecule is CCCCCCCCCCCCCCCC(=O)OCCCCCCC(O)(CCCCCCOC(=O)CCCCCCCCCCCCCCC)CCCCOC(=O)C1CCN(C)CC1. The lowest BCUT2D eigenvalue weighted by atomic mass is 9.85. The van der Waals surface area contributed by atoms with Crippen LogP contribution < -0.4 is 0 Å². The lowest BCUT2D eigenvalue weighted by Crippen LogP contribution is -2.34. The van der Waals surface area contributed by atoms with E-state index in [1.165, 1.54) is 141 Å². The van der Waals surface area contributed by atoms with E-state index in [9.17, 15) is 19.5 Å². The van der Waals surface area contributed by atoms with Gasteiger partial charge in [-0.05, 0) is 90.8 Å². The van der Waals surface area contributed by atoms with Crippen molar-refractivity contribution in [2.45, 2.75) is 296 Å². The van der Waals surface area contributed by atoms with Gasteiger partial charge in [-0.2, -0.15) is 0 Å². The Balaban J connectivity index is 2.20. The first-order valence-electron chi connectivity index (χ1n) is 28.2. The van der Waals surface area contributed by atoms with Gasteiger partial charge in [0.25, 0.3) is 0 Å². The van der Waals surface area contributed by atoms with Crippen LogP contribution in [0.2, 0.25) is 0 Å². The largest absolute Gasteiger partial charge is 0.466 e. The summed E-state index contributed by atoms with van der Waals surface area (Å²) in [6.07, 6.45) is 48.1. The molecule has 1 rings (SSSR count). The number of hydrogen-bond donors (Lipinski definition) is 1. The van der Waals surface area contributed by atoms with Crippen molar-refractivity contribution in [3.05, 3.63) is 0 Å². The molecule has 0 radical (unpaired) electrons. The maximum atomic E-state index is 12.6. The molecule has 378 valence electrons. The zero-order chi connectivity index (χ0) is 46.4. The summed E-state index contributed by atoms with van der Waals surface area (Å²) < 4.78 is 16.7. The molecule has 0 aromatic heterocycles. The fraction of sp³-hybridized carbons (Fsp3) is 0.946. The number of unbranched alkanes of at least 4 members (excludes halogenated alkanes) is 31. The topological polar surface area (TPSA) is 102 Å². The van der Waals surface area contributed by atoms with E-state index in [0.717, 1.165) is 129 Å². The van der Waals surface area contributed by atoms with E-state index in [1.54, 1.807) is 0 Å². The quantitative estimate of drug-likeness (QED) is 0.0366. The second kappa shape index (κ2) is 45.1. The van der Waals surface area contributed by atoms with Crippen LogP contribution >= 0.6 is 0 Å². The highest BCUT2D eigenvalue weighted by Gasteiger charge is 2.27. The van der Waals surface area contributed by atoms with E-state index in [1.807, 2.05) is 0 Å². The Morgan fingerprint density at radius 1 is 0.422 bits per heavy atom. The third-order valence-corrected chi connectivity index (χ3v) is 13.9. The van der Waals surface area contributed by atoms with Gasteiger partial charge in [0.05, 0.1) is 31.3 Å². The van der Waals surface area contributed by atoms with Gasteiger partial charge in [0, 0.05) is 12.8 Å². The number of piperidine rings is 1. The van der Waals surface area contributed by atoms with Crippen molar-refractivity contribution in [1.29, 1.82) is 0 Å². The summed E-state index contributed by atoms with van der Waals surface area (Å²) in [5.41, 5.74) is -0.724. The Morgan fingerprint density at radius 2 is 0.703 bits per heavy atom. The fourth-order valence-corrected chi connectivity index (χ4v) is 9.38. The van der Waals surface area contributed by atoms with E-state index in [-0.39, 0.29) is 23.8 Å². The molecule has 64 heavy (non-hydrogen) atoms. The first-order chi connectivity index (χ1) is 31.3. The number of likely N-dealkylation sites (tertiary alicyclic amines) is 1. The predicted molar refractivity (Wildman–Crippen MR) is 269 cm³/mol. The van der Waals surface area contributed by atoms with Gasteiger partial charge < -0.3 is 24.2 Å². The van der Waals surface area contributed by atoms with E-state index < -0.39 is 5.60 Å². The molecule has 1 saturated heterocycles. The van der Waals surface area contributed by atoms with Crippen molar-refractivity contribution in [3.8, 4) is 0 Å². The van der Waals surface area contributed by atoms with Crippen LogP contribution in [0.5, 0.6) is 0 Å². The summed E-state index contributed by atoms with van der Waals surface area (Å²) in [6.45, 7) is 7.85. The number of ether oxygens (including phenoxy) is 3.